The van der Waals surface area contributed by atoms with Gasteiger partial charge in [0.1, 0.15) is 0 Å². The molecule has 0 saturated carbocycles. The van der Waals surface area contributed by atoms with Gasteiger partial charge < -0.3 is 4.90 Å². The van der Waals surface area contributed by atoms with E-state index in [4.69, 9.17) is 0 Å². The first kappa shape index (κ1) is 11.3. The van der Waals surface area contributed by atoms with Gasteiger partial charge in [0.2, 0.25) is 0 Å². The largest absolute Gasteiger partial charge is 0.374 e. The fourth-order valence-corrected chi connectivity index (χ4v) is 2.94. The minimum absolute atomic E-state index is 0.642. The summed E-state index contributed by atoms with van der Waals surface area (Å²) in [5, 5.41) is 0. The summed E-state index contributed by atoms with van der Waals surface area (Å²) in [6, 6.07) is 19.7. The number of nitrogens with zero attached hydrogens (tertiary/aromatic N) is 1. The number of hydrogen-bond acceptors (Lipinski definition) is 1. The summed E-state index contributed by atoms with van der Waals surface area (Å²) in [7, 11) is 2.21. The maximum atomic E-state index is 2.40. The van der Waals surface area contributed by atoms with E-state index in [1.54, 1.807) is 0 Å². The van der Waals surface area contributed by atoms with E-state index in [-0.39, 0.29) is 0 Å². The zero-order valence-electron chi connectivity index (χ0n) is 10.8. The van der Waals surface area contributed by atoms with Gasteiger partial charge in [0.25, 0.3) is 0 Å². The molecule has 1 atom stereocenters. The monoisotopic (exact) mass is 237 g/mol. The molecule has 0 aromatic heterocycles. The number of anilines is 1. The molecule has 0 aliphatic carbocycles. The van der Waals surface area contributed by atoms with Gasteiger partial charge in [-0.15, -0.1) is 0 Å². The van der Waals surface area contributed by atoms with Crippen LogP contribution in [0.1, 0.15) is 23.5 Å². The molecule has 1 heterocycles. The molecule has 0 saturated heterocycles. The maximum Gasteiger partial charge on any atom is 0.0396 e. The maximum absolute atomic E-state index is 2.40. The second kappa shape index (κ2) is 4.85. The molecular weight excluding hydrogens is 218 g/mol. The molecule has 0 unspecified atom stereocenters. The Bertz CT molecular complexity index is 518. The lowest BCUT2D eigenvalue weighted by Crippen LogP contribution is -2.22. The van der Waals surface area contributed by atoms with E-state index in [1.807, 2.05) is 0 Å². The van der Waals surface area contributed by atoms with E-state index in [0.717, 1.165) is 6.54 Å². The van der Waals surface area contributed by atoms with Gasteiger partial charge in [-0.25, -0.2) is 0 Å². The molecule has 92 valence electrons. The van der Waals surface area contributed by atoms with Crippen molar-refractivity contribution in [3.8, 4) is 0 Å². The van der Waals surface area contributed by atoms with Crippen molar-refractivity contribution in [1.29, 1.82) is 0 Å². The number of aryl methyl sites for hydroxylation is 1. The fraction of sp³-hybridized carbons (Fsp3) is 0.294. The van der Waals surface area contributed by atoms with Crippen LogP contribution in [0.5, 0.6) is 0 Å². The number of rotatable bonds is 1. The predicted molar refractivity (Wildman–Crippen MR) is 77.2 cm³/mol. The van der Waals surface area contributed by atoms with Crippen LogP contribution < -0.4 is 4.90 Å². The summed E-state index contributed by atoms with van der Waals surface area (Å²) >= 11 is 0. The minimum Gasteiger partial charge on any atom is -0.374 e. The van der Waals surface area contributed by atoms with E-state index >= 15 is 0 Å². The smallest absolute Gasteiger partial charge is 0.0396 e. The van der Waals surface area contributed by atoms with Crippen LogP contribution in [0.3, 0.4) is 0 Å². The number of likely N-dealkylation sites (N-methyl/N-ethyl adjacent to an activating group) is 1. The molecule has 1 heteroatoms. The first-order valence-corrected chi connectivity index (χ1v) is 6.68. The first-order chi connectivity index (χ1) is 8.84. The molecule has 0 radical (unpaired) electrons. The van der Waals surface area contributed by atoms with Gasteiger partial charge >= 0.3 is 0 Å². The summed E-state index contributed by atoms with van der Waals surface area (Å²) < 4.78 is 0. The Kier molecular flexibility index (Phi) is 3.06. The van der Waals surface area contributed by atoms with Crippen LogP contribution in [-0.4, -0.2) is 13.6 Å². The molecule has 0 bridgehead atoms. The molecule has 1 aliphatic heterocycles. The zero-order valence-corrected chi connectivity index (χ0v) is 10.8. The molecule has 2 aromatic carbocycles. The molecule has 0 fully saturated rings. The highest BCUT2D eigenvalue weighted by atomic mass is 15.1. The van der Waals surface area contributed by atoms with E-state index in [0.29, 0.717) is 5.92 Å². The van der Waals surface area contributed by atoms with Crippen LogP contribution in [0, 0.1) is 0 Å². The quantitative estimate of drug-likeness (QED) is 0.728. The Balaban J connectivity index is 1.89. The fourth-order valence-electron chi connectivity index (χ4n) is 2.94. The van der Waals surface area contributed by atoms with Crippen molar-refractivity contribution < 1.29 is 0 Å². The van der Waals surface area contributed by atoms with E-state index in [2.05, 4.69) is 66.5 Å². The normalized spacial score (nSPS) is 19.2. The average molecular weight is 237 g/mol. The van der Waals surface area contributed by atoms with Crippen molar-refractivity contribution in [2.24, 2.45) is 0 Å². The van der Waals surface area contributed by atoms with Gasteiger partial charge in [-0.3, -0.25) is 0 Å². The minimum atomic E-state index is 0.642. The number of benzene rings is 2. The van der Waals surface area contributed by atoms with E-state index < -0.39 is 0 Å². The van der Waals surface area contributed by atoms with Crippen molar-refractivity contribution >= 4 is 5.69 Å². The lowest BCUT2D eigenvalue weighted by Gasteiger charge is -2.23. The van der Waals surface area contributed by atoms with Crippen molar-refractivity contribution in [2.45, 2.75) is 18.8 Å². The van der Waals surface area contributed by atoms with Crippen LogP contribution >= 0.6 is 0 Å². The number of para-hydroxylation sites is 1. The Morgan fingerprint density at radius 1 is 0.944 bits per heavy atom. The summed E-state index contributed by atoms with van der Waals surface area (Å²) in [6.07, 6.45) is 2.42. The Labute approximate surface area is 109 Å². The average Bonchev–Trinajstić information content (AvgIpc) is 2.60. The standard InChI is InChI=1S/C17H19N/c1-18-13-16(14-7-3-2-4-8-14)12-11-15-9-5-6-10-17(15)18/h2-10,16H,11-13H2,1H3/t16-/m1/s1. The van der Waals surface area contributed by atoms with E-state index in [1.165, 1.54) is 29.7 Å². The molecule has 18 heavy (non-hydrogen) atoms. The lowest BCUT2D eigenvalue weighted by molar-refractivity contribution is 0.637. The first-order valence-electron chi connectivity index (χ1n) is 6.68. The second-order valence-electron chi connectivity index (χ2n) is 5.16. The third kappa shape index (κ3) is 2.13. The summed E-state index contributed by atoms with van der Waals surface area (Å²) in [4.78, 5) is 2.40. The highest BCUT2D eigenvalue weighted by Crippen LogP contribution is 2.31. The number of hydrogen-bond donors (Lipinski definition) is 0. The van der Waals surface area contributed by atoms with Crippen molar-refractivity contribution in [2.75, 3.05) is 18.5 Å². The van der Waals surface area contributed by atoms with Crippen LogP contribution in [0.4, 0.5) is 5.69 Å². The molecule has 0 spiro atoms. The van der Waals surface area contributed by atoms with Crippen molar-refractivity contribution in [3.05, 3.63) is 65.7 Å². The Hall–Kier alpha value is -1.76. The van der Waals surface area contributed by atoms with Gasteiger partial charge in [-0.1, -0.05) is 48.5 Å². The third-order valence-electron chi connectivity index (χ3n) is 3.93. The van der Waals surface area contributed by atoms with Crippen LogP contribution in [0.15, 0.2) is 54.6 Å². The summed E-state index contributed by atoms with van der Waals surface area (Å²) in [5.74, 6) is 0.642. The van der Waals surface area contributed by atoms with Crippen molar-refractivity contribution in [3.63, 3.8) is 0 Å². The topological polar surface area (TPSA) is 3.24 Å². The second-order valence-corrected chi connectivity index (χ2v) is 5.16. The molecule has 0 N–H and O–H groups in total. The third-order valence-corrected chi connectivity index (χ3v) is 3.93. The highest BCUT2D eigenvalue weighted by molar-refractivity contribution is 5.54. The van der Waals surface area contributed by atoms with Gasteiger partial charge in [-0.2, -0.15) is 0 Å². The number of fused-ring (bicyclic) bond motifs is 1. The highest BCUT2D eigenvalue weighted by Gasteiger charge is 2.20. The van der Waals surface area contributed by atoms with Crippen LogP contribution in [-0.2, 0) is 6.42 Å². The molecular formula is C17H19N. The summed E-state index contributed by atoms with van der Waals surface area (Å²) in [6.45, 7) is 1.11. The van der Waals surface area contributed by atoms with Gasteiger partial charge in [0, 0.05) is 25.2 Å². The molecule has 1 nitrogen and oxygen atoms in total. The SMILES string of the molecule is CN1C[C@H](c2ccccc2)CCc2ccccc21. The Morgan fingerprint density at radius 3 is 2.50 bits per heavy atom. The Morgan fingerprint density at radius 2 is 1.67 bits per heavy atom. The van der Waals surface area contributed by atoms with E-state index in [9.17, 15) is 0 Å². The van der Waals surface area contributed by atoms with Crippen LogP contribution in [0.25, 0.3) is 0 Å². The zero-order chi connectivity index (χ0) is 12.4. The molecule has 2 aromatic rings. The van der Waals surface area contributed by atoms with Gasteiger partial charge in [-0.05, 0) is 30.0 Å². The molecule has 1 aliphatic rings. The van der Waals surface area contributed by atoms with Crippen LogP contribution in [0.2, 0.25) is 0 Å². The molecule has 0 amide bonds. The lowest BCUT2D eigenvalue weighted by atomic mass is 9.93. The van der Waals surface area contributed by atoms with Crippen molar-refractivity contribution in [1.82, 2.24) is 0 Å². The van der Waals surface area contributed by atoms with Gasteiger partial charge in [0.15, 0.2) is 0 Å². The summed E-state index contributed by atoms with van der Waals surface area (Å²) in [5.41, 5.74) is 4.35. The van der Waals surface area contributed by atoms with Gasteiger partial charge in [0.05, 0.1) is 0 Å². The molecule has 3 rings (SSSR count). The predicted octanol–water partition coefficient (Wildman–Crippen LogP) is 3.85.